The van der Waals surface area contributed by atoms with Crippen molar-refractivity contribution in [2.45, 2.75) is 82.7 Å². The molecule has 4 aliphatic rings. The van der Waals surface area contributed by atoms with Crippen molar-refractivity contribution in [1.29, 1.82) is 0 Å². The molecule has 2 N–H and O–H groups in total. The monoisotopic (exact) mass is 712 g/mol. The summed E-state index contributed by atoms with van der Waals surface area (Å²) >= 11 is 0. The Morgan fingerprint density at radius 1 is 0.491 bits per heavy atom. The molecule has 4 aromatic carbocycles. The van der Waals surface area contributed by atoms with Crippen LogP contribution in [-0.4, -0.2) is 57.3 Å². The van der Waals surface area contributed by atoms with E-state index in [1.54, 1.807) is 24.3 Å². The number of fused-ring (bicyclic) bond motifs is 2. The number of anilines is 2. The molecule has 53 heavy (non-hydrogen) atoms. The SMILES string of the molecule is O=C(Nc1ccc(Cc2ccc(NC(=O)c3ccc4c(c3)C(=O)N(C3CCCCC3)C4=O)cc2)cc1)c1ccc2c(c1)C(=O)N(C1CCCCC1)C2=O.[HH].[HH]. The average molecular weight is 713 g/mol. The molecule has 0 unspecified atom stereocenters. The fourth-order valence-corrected chi connectivity index (χ4v) is 8.20. The Morgan fingerprint density at radius 3 is 1.23 bits per heavy atom. The van der Waals surface area contributed by atoms with Gasteiger partial charge in [0.05, 0.1) is 22.3 Å². The molecule has 0 bridgehead atoms. The molecule has 2 fully saturated rings. The number of hydrogen-bond donors (Lipinski definition) is 2. The van der Waals surface area contributed by atoms with E-state index in [9.17, 15) is 28.8 Å². The first-order valence-electron chi connectivity index (χ1n) is 18.6. The number of benzene rings is 4. The van der Waals surface area contributed by atoms with Gasteiger partial charge in [0, 0.05) is 37.4 Å². The Morgan fingerprint density at radius 2 is 0.849 bits per heavy atom. The minimum atomic E-state index is -0.365. The van der Waals surface area contributed by atoms with Crippen LogP contribution in [0.5, 0.6) is 0 Å². The zero-order chi connectivity index (χ0) is 36.6. The van der Waals surface area contributed by atoms with Crippen molar-refractivity contribution < 1.29 is 31.6 Å². The molecule has 0 atom stereocenters. The molecule has 2 saturated carbocycles. The number of nitrogens with zero attached hydrogens (tertiary/aromatic N) is 2. The maximum absolute atomic E-state index is 13.2. The van der Waals surface area contributed by atoms with Gasteiger partial charge in [-0.15, -0.1) is 0 Å². The van der Waals surface area contributed by atoms with Gasteiger partial charge in [-0.1, -0.05) is 62.8 Å². The molecule has 10 nitrogen and oxygen atoms in total. The molecule has 6 amide bonds. The molecule has 0 saturated heterocycles. The maximum Gasteiger partial charge on any atom is 0.261 e. The third-order valence-electron chi connectivity index (χ3n) is 11.1. The fraction of sp³-hybridized carbons (Fsp3) is 0.302. The van der Waals surface area contributed by atoms with Gasteiger partial charge in [0.2, 0.25) is 0 Å². The first-order chi connectivity index (χ1) is 25.7. The first-order valence-corrected chi connectivity index (χ1v) is 18.6. The molecule has 2 aliphatic carbocycles. The molecule has 10 heteroatoms. The van der Waals surface area contributed by atoms with E-state index in [-0.39, 0.29) is 61.5 Å². The fourth-order valence-electron chi connectivity index (χ4n) is 8.20. The van der Waals surface area contributed by atoms with Gasteiger partial charge in [-0.2, -0.15) is 0 Å². The van der Waals surface area contributed by atoms with Crippen LogP contribution < -0.4 is 10.6 Å². The lowest BCUT2D eigenvalue weighted by Crippen LogP contribution is -2.40. The summed E-state index contributed by atoms with van der Waals surface area (Å²) < 4.78 is 0. The highest BCUT2D eigenvalue weighted by atomic mass is 16.2. The number of amides is 6. The molecular weight excluding hydrogens is 668 g/mol. The number of rotatable bonds is 8. The summed E-state index contributed by atoms with van der Waals surface area (Å²) in [7, 11) is 0. The smallest absolute Gasteiger partial charge is 0.261 e. The van der Waals surface area contributed by atoms with Gasteiger partial charge in [0.25, 0.3) is 35.4 Å². The summed E-state index contributed by atoms with van der Waals surface area (Å²) in [4.78, 5) is 81.5. The second-order valence-corrected chi connectivity index (χ2v) is 14.5. The number of hydrogen-bond acceptors (Lipinski definition) is 6. The van der Waals surface area contributed by atoms with Crippen LogP contribution in [0.4, 0.5) is 11.4 Å². The summed E-state index contributed by atoms with van der Waals surface area (Å²) in [6.07, 6.45) is 10.2. The lowest BCUT2D eigenvalue weighted by Gasteiger charge is -2.29. The van der Waals surface area contributed by atoms with Crippen molar-refractivity contribution in [1.82, 2.24) is 9.80 Å². The van der Waals surface area contributed by atoms with Crippen molar-refractivity contribution >= 4 is 46.8 Å². The number of imide groups is 2. The van der Waals surface area contributed by atoms with Crippen LogP contribution in [-0.2, 0) is 6.42 Å². The van der Waals surface area contributed by atoms with Crippen molar-refractivity contribution in [3.8, 4) is 0 Å². The summed E-state index contributed by atoms with van der Waals surface area (Å²) in [5, 5.41) is 5.78. The van der Waals surface area contributed by atoms with Crippen LogP contribution in [0, 0.1) is 0 Å². The van der Waals surface area contributed by atoms with Gasteiger partial charge >= 0.3 is 0 Å². The van der Waals surface area contributed by atoms with Gasteiger partial charge in [-0.05, 0) is 104 Å². The van der Waals surface area contributed by atoms with E-state index in [2.05, 4.69) is 10.6 Å². The average Bonchev–Trinajstić information content (AvgIpc) is 3.59. The normalized spacial score (nSPS) is 17.6. The van der Waals surface area contributed by atoms with Gasteiger partial charge in [0.1, 0.15) is 0 Å². The van der Waals surface area contributed by atoms with Crippen molar-refractivity contribution in [2.75, 3.05) is 10.6 Å². The van der Waals surface area contributed by atoms with Crippen LogP contribution in [0.1, 0.15) is 140 Å². The number of carbonyl (C=O) groups excluding carboxylic acids is 6. The predicted octanol–water partition coefficient (Wildman–Crippen LogP) is 8.13. The molecule has 272 valence electrons. The van der Waals surface area contributed by atoms with Crippen LogP contribution in [0.2, 0.25) is 0 Å². The second kappa shape index (κ2) is 14.3. The number of carbonyl (C=O) groups is 6. The van der Waals surface area contributed by atoms with Crippen molar-refractivity contribution in [2.24, 2.45) is 0 Å². The Kier molecular flexibility index (Phi) is 9.20. The van der Waals surface area contributed by atoms with E-state index >= 15 is 0 Å². The molecule has 4 aromatic rings. The first kappa shape index (κ1) is 34.2. The molecular formula is C43H44N4O6. The van der Waals surface area contributed by atoms with Gasteiger partial charge in [-0.25, -0.2) is 0 Å². The molecule has 0 aromatic heterocycles. The van der Waals surface area contributed by atoms with Crippen LogP contribution in [0.25, 0.3) is 0 Å². The minimum Gasteiger partial charge on any atom is -0.322 e. The summed E-state index contributed by atoms with van der Waals surface area (Å²) in [6.45, 7) is 0. The largest absolute Gasteiger partial charge is 0.322 e. The molecule has 2 heterocycles. The zero-order valence-corrected chi connectivity index (χ0v) is 29.4. The molecule has 0 radical (unpaired) electrons. The topological polar surface area (TPSA) is 133 Å². The van der Waals surface area contributed by atoms with Crippen molar-refractivity contribution in [3.05, 3.63) is 129 Å². The molecule has 2 aliphatic heterocycles. The summed E-state index contributed by atoms with van der Waals surface area (Å²) in [6, 6.07) is 24.2. The Balaban J connectivity index is 0.00000257. The quantitative estimate of drug-likeness (QED) is 0.177. The summed E-state index contributed by atoms with van der Waals surface area (Å²) in [5.41, 5.74) is 5.14. The van der Waals surface area contributed by atoms with E-state index < -0.39 is 0 Å². The Labute approximate surface area is 310 Å². The minimum absolute atomic E-state index is 0. The lowest BCUT2D eigenvalue weighted by molar-refractivity contribution is 0.0533. The van der Waals surface area contributed by atoms with Gasteiger partial charge in [-0.3, -0.25) is 38.6 Å². The highest BCUT2D eigenvalue weighted by molar-refractivity contribution is 6.23. The molecule has 0 spiro atoms. The second-order valence-electron chi connectivity index (χ2n) is 14.5. The van der Waals surface area contributed by atoms with E-state index in [0.29, 0.717) is 40.0 Å². The Bertz CT molecular complexity index is 2010. The standard InChI is InChI=1S/C43H40N4O6.2H2/c48-38(28-15-21-34-36(24-28)42(52)46(40(34)50)32-7-3-1-4-8-32)44-30-17-11-26(12-18-30)23-27-13-19-31(20-14-27)45-39(49)29-16-22-35-37(25-29)43(53)47(41(35)51)33-9-5-2-6-10-33;;/h11-22,24-25,32-33H,1-10,23H2,(H,44,48)(H,45,49);2*1H. The van der Waals surface area contributed by atoms with Gasteiger partial charge in [0.15, 0.2) is 0 Å². The third kappa shape index (κ3) is 6.65. The number of nitrogens with one attached hydrogen (secondary N) is 2. The van der Waals surface area contributed by atoms with Crippen LogP contribution in [0.15, 0.2) is 84.9 Å². The highest BCUT2D eigenvalue weighted by Crippen LogP contribution is 2.33. The lowest BCUT2D eigenvalue weighted by atomic mass is 9.94. The van der Waals surface area contributed by atoms with Crippen LogP contribution >= 0.6 is 0 Å². The van der Waals surface area contributed by atoms with E-state index in [0.717, 1.165) is 75.3 Å². The van der Waals surface area contributed by atoms with E-state index in [1.807, 2.05) is 48.5 Å². The van der Waals surface area contributed by atoms with Gasteiger partial charge < -0.3 is 10.6 Å². The maximum atomic E-state index is 13.2. The highest BCUT2D eigenvalue weighted by Gasteiger charge is 2.42. The van der Waals surface area contributed by atoms with E-state index in [1.165, 1.54) is 21.9 Å². The van der Waals surface area contributed by atoms with Crippen LogP contribution in [0.3, 0.4) is 0 Å². The zero-order valence-electron chi connectivity index (χ0n) is 29.4. The predicted molar refractivity (Wildman–Crippen MR) is 203 cm³/mol. The van der Waals surface area contributed by atoms with E-state index in [4.69, 9.17) is 0 Å². The molecule has 8 rings (SSSR count). The Hall–Kier alpha value is -5.90. The third-order valence-corrected chi connectivity index (χ3v) is 11.1. The van der Waals surface area contributed by atoms with Crippen molar-refractivity contribution in [3.63, 3.8) is 0 Å². The summed E-state index contributed by atoms with van der Waals surface area (Å²) in [5.74, 6) is -1.90.